The van der Waals surface area contributed by atoms with Gasteiger partial charge in [-0.25, -0.2) is 8.42 Å². The van der Waals surface area contributed by atoms with Crippen LogP contribution in [0.2, 0.25) is 0 Å². The van der Waals surface area contributed by atoms with Crippen LogP contribution in [0.15, 0.2) is 71.6 Å². The molecule has 31 heavy (non-hydrogen) atoms. The minimum atomic E-state index is -4.59. The van der Waals surface area contributed by atoms with Crippen molar-refractivity contribution in [1.82, 2.24) is 0 Å². The van der Waals surface area contributed by atoms with Crippen molar-refractivity contribution >= 4 is 27.3 Å². The predicted molar refractivity (Wildman–Crippen MR) is 113 cm³/mol. The molecule has 3 aromatic carbocycles. The van der Waals surface area contributed by atoms with Crippen molar-refractivity contribution in [2.24, 2.45) is 0 Å². The van der Waals surface area contributed by atoms with Crippen LogP contribution in [0.5, 0.6) is 0 Å². The molecule has 0 unspecified atom stereocenters. The second kappa shape index (κ2) is 8.43. The van der Waals surface area contributed by atoms with Crippen LogP contribution in [0, 0.1) is 13.8 Å². The first-order valence-electron chi connectivity index (χ1n) is 9.14. The van der Waals surface area contributed by atoms with Gasteiger partial charge in [0.1, 0.15) is 0 Å². The molecule has 5 nitrogen and oxygen atoms in total. The highest BCUT2D eigenvalue weighted by Crippen LogP contribution is 2.31. The van der Waals surface area contributed by atoms with Crippen LogP contribution in [-0.2, 0) is 16.2 Å². The van der Waals surface area contributed by atoms with Crippen molar-refractivity contribution in [3.8, 4) is 0 Å². The second-order valence-corrected chi connectivity index (χ2v) is 8.66. The van der Waals surface area contributed by atoms with Crippen molar-refractivity contribution < 1.29 is 26.4 Å². The van der Waals surface area contributed by atoms with E-state index in [0.717, 1.165) is 29.3 Å². The fourth-order valence-corrected chi connectivity index (χ4v) is 3.92. The topological polar surface area (TPSA) is 75.3 Å². The van der Waals surface area contributed by atoms with Gasteiger partial charge in [0.05, 0.1) is 10.5 Å². The van der Waals surface area contributed by atoms with Gasteiger partial charge in [-0.3, -0.25) is 9.52 Å². The molecule has 0 heterocycles. The number of aryl methyl sites for hydroxylation is 2. The van der Waals surface area contributed by atoms with Gasteiger partial charge in [0.15, 0.2) is 0 Å². The Balaban J connectivity index is 1.76. The summed E-state index contributed by atoms with van der Waals surface area (Å²) in [6, 6.07) is 14.7. The van der Waals surface area contributed by atoms with Gasteiger partial charge in [-0.05, 0) is 67.9 Å². The molecule has 0 atom stereocenters. The molecule has 1 amide bonds. The Bertz CT molecular complexity index is 1220. The Morgan fingerprint density at radius 1 is 0.871 bits per heavy atom. The zero-order valence-electron chi connectivity index (χ0n) is 16.6. The molecule has 3 rings (SSSR count). The summed E-state index contributed by atoms with van der Waals surface area (Å²) in [6.07, 6.45) is -4.59. The highest BCUT2D eigenvalue weighted by molar-refractivity contribution is 7.92. The molecule has 9 heteroatoms. The van der Waals surface area contributed by atoms with Crippen LogP contribution in [0.4, 0.5) is 24.5 Å². The minimum Gasteiger partial charge on any atom is -0.322 e. The van der Waals surface area contributed by atoms with E-state index >= 15 is 0 Å². The molecule has 0 bridgehead atoms. The molecule has 0 saturated heterocycles. The summed E-state index contributed by atoms with van der Waals surface area (Å²) in [5.74, 6) is -0.334. The SMILES string of the molecule is Cc1ccc(C)c(C(=O)Nc2ccc(S(=O)(=O)Nc3cccc(C(F)(F)F)c3)cc2)c1. The molecule has 0 aliphatic heterocycles. The molecule has 162 valence electrons. The van der Waals surface area contributed by atoms with E-state index in [1.165, 1.54) is 30.3 Å². The number of nitrogens with one attached hydrogen (secondary N) is 2. The van der Waals surface area contributed by atoms with Gasteiger partial charge in [0.2, 0.25) is 0 Å². The standard InChI is InChI=1S/C22H19F3N2O3S/c1-14-6-7-15(2)20(12-14)21(28)26-17-8-10-19(11-9-17)31(29,30)27-18-5-3-4-16(13-18)22(23,24)25/h3-13,27H,1-2H3,(H,26,28). The lowest BCUT2D eigenvalue weighted by molar-refractivity contribution is -0.137. The van der Waals surface area contributed by atoms with E-state index in [2.05, 4.69) is 10.0 Å². The number of hydrogen-bond donors (Lipinski definition) is 2. The zero-order chi connectivity index (χ0) is 22.8. The summed E-state index contributed by atoms with van der Waals surface area (Å²) < 4.78 is 65.7. The van der Waals surface area contributed by atoms with Crippen molar-refractivity contribution in [2.45, 2.75) is 24.9 Å². The maximum Gasteiger partial charge on any atom is 0.416 e. The van der Waals surface area contributed by atoms with E-state index in [-0.39, 0.29) is 16.5 Å². The summed E-state index contributed by atoms with van der Waals surface area (Å²) in [6.45, 7) is 3.68. The maximum atomic E-state index is 12.8. The maximum absolute atomic E-state index is 12.8. The van der Waals surface area contributed by atoms with E-state index in [0.29, 0.717) is 11.3 Å². The zero-order valence-corrected chi connectivity index (χ0v) is 17.4. The number of sulfonamides is 1. The monoisotopic (exact) mass is 448 g/mol. The molecule has 0 saturated carbocycles. The van der Waals surface area contributed by atoms with Gasteiger partial charge in [-0.15, -0.1) is 0 Å². The smallest absolute Gasteiger partial charge is 0.322 e. The van der Waals surface area contributed by atoms with Crippen LogP contribution in [0.25, 0.3) is 0 Å². The third-order valence-electron chi connectivity index (χ3n) is 4.50. The van der Waals surface area contributed by atoms with Crippen LogP contribution in [-0.4, -0.2) is 14.3 Å². The summed E-state index contributed by atoms with van der Waals surface area (Å²) in [5, 5.41) is 2.70. The lowest BCUT2D eigenvalue weighted by atomic mass is 10.1. The van der Waals surface area contributed by atoms with Gasteiger partial charge in [0, 0.05) is 16.9 Å². The molecule has 3 aromatic rings. The molecule has 0 aliphatic carbocycles. The first kappa shape index (κ1) is 22.4. The molecular weight excluding hydrogens is 429 g/mol. The number of carbonyl (C=O) groups excluding carboxylic acids is 1. The number of rotatable bonds is 5. The van der Waals surface area contributed by atoms with Crippen LogP contribution in [0.3, 0.4) is 0 Å². The van der Waals surface area contributed by atoms with Gasteiger partial charge in [0.25, 0.3) is 15.9 Å². The molecule has 2 N–H and O–H groups in total. The Morgan fingerprint density at radius 2 is 1.55 bits per heavy atom. The molecule has 0 fully saturated rings. The van der Waals surface area contributed by atoms with Crippen molar-refractivity contribution in [3.63, 3.8) is 0 Å². The highest BCUT2D eigenvalue weighted by Gasteiger charge is 2.30. The molecule has 0 radical (unpaired) electrons. The fraction of sp³-hybridized carbons (Fsp3) is 0.136. The van der Waals surface area contributed by atoms with Gasteiger partial charge < -0.3 is 5.32 Å². The summed E-state index contributed by atoms with van der Waals surface area (Å²) in [7, 11) is -4.12. The number of hydrogen-bond acceptors (Lipinski definition) is 3. The predicted octanol–water partition coefficient (Wildman–Crippen LogP) is 5.38. The third kappa shape index (κ3) is 5.43. The Morgan fingerprint density at radius 3 is 2.19 bits per heavy atom. The number of amides is 1. The number of carbonyl (C=O) groups is 1. The average molecular weight is 448 g/mol. The minimum absolute atomic E-state index is 0.158. The third-order valence-corrected chi connectivity index (χ3v) is 5.90. The number of halogens is 3. The Kier molecular flexibility index (Phi) is 6.08. The van der Waals surface area contributed by atoms with E-state index in [1.807, 2.05) is 26.0 Å². The fourth-order valence-electron chi connectivity index (χ4n) is 2.87. The van der Waals surface area contributed by atoms with Gasteiger partial charge in [-0.2, -0.15) is 13.2 Å². The molecule has 0 aliphatic rings. The van der Waals surface area contributed by atoms with E-state index in [1.54, 1.807) is 6.07 Å². The molecule has 0 aromatic heterocycles. The van der Waals surface area contributed by atoms with Crippen molar-refractivity contribution in [1.29, 1.82) is 0 Å². The second-order valence-electron chi connectivity index (χ2n) is 6.98. The van der Waals surface area contributed by atoms with Crippen molar-refractivity contribution in [2.75, 3.05) is 10.0 Å². The first-order valence-corrected chi connectivity index (χ1v) is 10.6. The van der Waals surface area contributed by atoms with Crippen LogP contribution >= 0.6 is 0 Å². The lowest BCUT2D eigenvalue weighted by Gasteiger charge is -2.12. The Hall–Kier alpha value is -3.33. The lowest BCUT2D eigenvalue weighted by Crippen LogP contribution is -2.15. The van der Waals surface area contributed by atoms with E-state index < -0.39 is 21.8 Å². The highest BCUT2D eigenvalue weighted by atomic mass is 32.2. The normalized spacial score (nSPS) is 11.8. The van der Waals surface area contributed by atoms with Crippen LogP contribution < -0.4 is 10.0 Å². The largest absolute Gasteiger partial charge is 0.416 e. The van der Waals surface area contributed by atoms with Gasteiger partial charge >= 0.3 is 6.18 Å². The van der Waals surface area contributed by atoms with Crippen LogP contribution in [0.1, 0.15) is 27.0 Å². The summed E-state index contributed by atoms with van der Waals surface area (Å²) in [5.41, 5.74) is 1.44. The summed E-state index contributed by atoms with van der Waals surface area (Å²) >= 11 is 0. The van der Waals surface area contributed by atoms with E-state index in [4.69, 9.17) is 0 Å². The summed E-state index contributed by atoms with van der Waals surface area (Å²) in [4.78, 5) is 12.3. The number of alkyl halides is 3. The number of benzene rings is 3. The Labute approximate surface area is 178 Å². The molecule has 0 spiro atoms. The van der Waals surface area contributed by atoms with Crippen molar-refractivity contribution in [3.05, 3.63) is 89.0 Å². The quantitative estimate of drug-likeness (QED) is 0.551. The molecular formula is C22H19F3N2O3S. The number of anilines is 2. The first-order chi connectivity index (χ1) is 14.5. The van der Waals surface area contributed by atoms with E-state index in [9.17, 15) is 26.4 Å². The van der Waals surface area contributed by atoms with Gasteiger partial charge in [-0.1, -0.05) is 23.8 Å². The average Bonchev–Trinajstić information content (AvgIpc) is 2.69.